The molecule has 2 saturated heterocycles. The minimum Gasteiger partial charge on any atom is -0.480 e. The SMILES string of the molecule is NC1CCSC2CCC(C(=O)O)N2C1=O. The molecule has 0 aliphatic carbocycles. The highest BCUT2D eigenvalue weighted by Crippen LogP contribution is 2.35. The van der Waals surface area contributed by atoms with Crippen molar-refractivity contribution in [1.82, 2.24) is 4.90 Å². The molecule has 0 aromatic heterocycles. The fourth-order valence-corrected chi connectivity index (χ4v) is 3.50. The lowest BCUT2D eigenvalue weighted by Gasteiger charge is -2.27. The van der Waals surface area contributed by atoms with E-state index < -0.39 is 18.1 Å². The van der Waals surface area contributed by atoms with E-state index in [0.29, 0.717) is 12.8 Å². The first-order chi connectivity index (χ1) is 7.11. The van der Waals surface area contributed by atoms with Crippen molar-refractivity contribution in [2.75, 3.05) is 5.75 Å². The van der Waals surface area contributed by atoms with Crippen LogP contribution in [0, 0.1) is 0 Å². The van der Waals surface area contributed by atoms with Crippen LogP contribution < -0.4 is 5.73 Å². The second kappa shape index (κ2) is 4.02. The Hall–Kier alpha value is -0.750. The summed E-state index contributed by atoms with van der Waals surface area (Å²) in [5.74, 6) is -0.282. The van der Waals surface area contributed by atoms with Gasteiger partial charge in [0.15, 0.2) is 0 Å². The lowest BCUT2D eigenvalue weighted by molar-refractivity contribution is -0.149. The Bertz CT molecular complexity index is 297. The maximum absolute atomic E-state index is 11.9. The molecule has 15 heavy (non-hydrogen) atoms. The van der Waals surface area contributed by atoms with Crippen molar-refractivity contribution >= 4 is 23.6 Å². The molecule has 2 heterocycles. The number of carboxylic acid groups (broad SMARTS) is 1. The van der Waals surface area contributed by atoms with E-state index in [2.05, 4.69) is 0 Å². The lowest BCUT2D eigenvalue weighted by Crippen LogP contribution is -2.49. The predicted octanol–water partition coefficient (Wildman–Crippen LogP) is -0.148. The minimum absolute atomic E-state index is 0.0205. The van der Waals surface area contributed by atoms with Crippen LogP contribution in [0.4, 0.5) is 0 Å². The fourth-order valence-electron chi connectivity index (χ4n) is 2.13. The molecule has 84 valence electrons. The van der Waals surface area contributed by atoms with Gasteiger partial charge in [0.05, 0.1) is 11.4 Å². The molecule has 3 N–H and O–H groups in total. The molecular formula is C9H14N2O3S. The number of fused-ring (bicyclic) bond motifs is 1. The van der Waals surface area contributed by atoms with Crippen LogP contribution in [0.25, 0.3) is 0 Å². The highest BCUT2D eigenvalue weighted by molar-refractivity contribution is 7.99. The molecule has 1 amide bonds. The van der Waals surface area contributed by atoms with Gasteiger partial charge in [0.25, 0.3) is 0 Å². The largest absolute Gasteiger partial charge is 0.480 e. The van der Waals surface area contributed by atoms with Crippen molar-refractivity contribution < 1.29 is 14.7 Å². The van der Waals surface area contributed by atoms with E-state index in [0.717, 1.165) is 12.2 Å². The Balaban J connectivity index is 2.23. The Labute approximate surface area is 92.0 Å². The molecule has 2 rings (SSSR count). The summed E-state index contributed by atoms with van der Waals surface area (Å²) in [7, 11) is 0. The third kappa shape index (κ3) is 1.83. The second-order valence-electron chi connectivity index (χ2n) is 3.90. The van der Waals surface area contributed by atoms with Gasteiger partial charge in [-0.2, -0.15) is 0 Å². The highest BCUT2D eigenvalue weighted by Gasteiger charge is 2.43. The molecule has 2 fully saturated rings. The minimum atomic E-state index is -0.916. The average molecular weight is 230 g/mol. The summed E-state index contributed by atoms with van der Waals surface area (Å²) >= 11 is 1.65. The van der Waals surface area contributed by atoms with Crippen molar-refractivity contribution in [1.29, 1.82) is 0 Å². The number of nitrogens with zero attached hydrogens (tertiary/aromatic N) is 1. The molecule has 3 unspecified atom stereocenters. The van der Waals surface area contributed by atoms with Crippen molar-refractivity contribution in [3.63, 3.8) is 0 Å². The zero-order valence-electron chi connectivity index (χ0n) is 8.26. The summed E-state index contributed by atoms with van der Waals surface area (Å²) in [6.45, 7) is 0. The van der Waals surface area contributed by atoms with Crippen molar-refractivity contribution in [3.8, 4) is 0 Å². The molecule has 2 aliphatic rings. The monoisotopic (exact) mass is 230 g/mol. The van der Waals surface area contributed by atoms with Crippen LogP contribution in [0.3, 0.4) is 0 Å². The van der Waals surface area contributed by atoms with Crippen LogP contribution in [-0.2, 0) is 9.59 Å². The van der Waals surface area contributed by atoms with Crippen LogP contribution >= 0.6 is 11.8 Å². The Morgan fingerprint density at radius 2 is 2.20 bits per heavy atom. The van der Waals surface area contributed by atoms with Gasteiger partial charge in [0.1, 0.15) is 6.04 Å². The summed E-state index contributed by atoms with van der Waals surface area (Å²) in [6.07, 6.45) is 1.95. The quantitative estimate of drug-likeness (QED) is 0.654. The van der Waals surface area contributed by atoms with Gasteiger partial charge in [-0.15, -0.1) is 11.8 Å². The van der Waals surface area contributed by atoms with Crippen molar-refractivity contribution in [2.24, 2.45) is 5.73 Å². The summed E-state index contributed by atoms with van der Waals surface area (Å²) < 4.78 is 0. The number of rotatable bonds is 1. The number of carboxylic acids is 1. The zero-order chi connectivity index (χ0) is 11.0. The van der Waals surface area contributed by atoms with Crippen LogP contribution in [0.5, 0.6) is 0 Å². The number of hydrogen-bond acceptors (Lipinski definition) is 4. The summed E-state index contributed by atoms with van der Waals surface area (Å²) in [5, 5.41) is 9.02. The number of thioether (sulfide) groups is 1. The third-order valence-corrected chi connectivity index (χ3v) is 4.25. The van der Waals surface area contributed by atoms with Gasteiger partial charge in [-0.3, -0.25) is 4.79 Å². The fraction of sp³-hybridized carbons (Fsp3) is 0.778. The summed E-state index contributed by atoms with van der Waals surface area (Å²) in [4.78, 5) is 24.3. The maximum atomic E-state index is 11.9. The van der Waals surface area contributed by atoms with E-state index in [-0.39, 0.29) is 11.3 Å². The van der Waals surface area contributed by atoms with Crippen LogP contribution in [0.15, 0.2) is 0 Å². The first-order valence-corrected chi connectivity index (χ1v) is 6.08. The topological polar surface area (TPSA) is 83.6 Å². The average Bonchev–Trinajstić information content (AvgIpc) is 2.55. The van der Waals surface area contributed by atoms with E-state index in [4.69, 9.17) is 10.8 Å². The number of carbonyl (C=O) groups is 2. The highest BCUT2D eigenvalue weighted by atomic mass is 32.2. The van der Waals surface area contributed by atoms with Gasteiger partial charge < -0.3 is 15.7 Å². The van der Waals surface area contributed by atoms with Gasteiger partial charge in [-0.1, -0.05) is 0 Å². The van der Waals surface area contributed by atoms with Crippen LogP contribution in [0.1, 0.15) is 19.3 Å². The van der Waals surface area contributed by atoms with Gasteiger partial charge in [-0.25, -0.2) is 4.79 Å². The van der Waals surface area contributed by atoms with E-state index in [9.17, 15) is 9.59 Å². The van der Waals surface area contributed by atoms with Crippen molar-refractivity contribution in [3.05, 3.63) is 0 Å². The van der Waals surface area contributed by atoms with Gasteiger partial charge >= 0.3 is 5.97 Å². The van der Waals surface area contributed by atoms with Gasteiger partial charge in [-0.05, 0) is 25.0 Å². The molecule has 2 aliphatic heterocycles. The Morgan fingerprint density at radius 1 is 1.47 bits per heavy atom. The first kappa shape index (κ1) is 10.8. The molecule has 5 nitrogen and oxygen atoms in total. The predicted molar refractivity (Wildman–Crippen MR) is 56.3 cm³/mol. The molecular weight excluding hydrogens is 216 g/mol. The Morgan fingerprint density at radius 3 is 2.87 bits per heavy atom. The number of aliphatic carboxylic acids is 1. The first-order valence-electron chi connectivity index (χ1n) is 5.03. The van der Waals surface area contributed by atoms with Crippen LogP contribution in [0.2, 0.25) is 0 Å². The zero-order valence-corrected chi connectivity index (χ0v) is 9.07. The van der Waals surface area contributed by atoms with Crippen LogP contribution in [-0.4, -0.2) is 45.1 Å². The van der Waals surface area contributed by atoms with E-state index in [1.807, 2.05) is 0 Å². The molecule has 0 aromatic rings. The molecule has 0 aromatic carbocycles. The second-order valence-corrected chi connectivity index (χ2v) is 5.18. The molecule has 0 radical (unpaired) electrons. The molecule has 0 bridgehead atoms. The third-order valence-electron chi connectivity index (χ3n) is 2.93. The summed E-state index contributed by atoms with van der Waals surface area (Å²) in [5.41, 5.74) is 5.70. The van der Waals surface area contributed by atoms with E-state index >= 15 is 0 Å². The number of carbonyl (C=O) groups excluding carboxylic acids is 1. The summed E-state index contributed by atoms with van der Waals surface area (Å²) in [6, 6.07) is -1.19. The van der Waals surface area contributed by atoms with Gasteiger partial charge in [0, 0.05) is 0 Å². The van der Waals surface area contributed by atoms with E-state index in [1.54, 1.807) is 11.8 Å². The van der Waals surface area contributed by atoms with Gasteiger partial charge in [0.2, 0.25) is 5.91 Å². The normalized spacial score (nSPS) is 36.2. The lowest BCUT2D eigenvalue weighted by atomic mass is 10.2. The van der Waals surface area contributed by atoms with Crippen molar-refractivity contribution in [2.45, 2.75) is 36.7 Å². The molecule has 0 saturated carbocycles. The molecule has 6 heteroatoms. The molecule has 3 atom stereocenters. The standard InChI is InChI=1S/C9H14N2O3S/c10-5-3-4-15-7-2-1-6(9(13)14)11(7)8(5)12/h5-7H,1-4,10H2,(H,13,14). The number of amides is 1. The smallest absolute Gasteiger partial charge is 0.326 e. The Kier molecular flexibility index (Phi) is 2.88. The maximum Gasteiger partial charge on any atom is 0.326 e. The molecule has 0 spiro atoms. The van der Waals surface area contributed by atoms with E-state index in [1.165, 1.54) is 4.90 Å². The number of hydrogen-bond donors (Lipinski definition) is 2. The number of nitrogens with two attached hydrogens (primary N) is 1.